The van der Waals surface area contributed by atoms with Crippen molar-refractivity contribution in [3.8, 4) is 23.0 Å². The average molecular weight is 458 g/mol. The number of fused-ring (bicyclic) bond motifs is 4. The van der Waals surface area contributed by atoms with Gasteiger partial charge in [-0.2, -0.15) is 0 Å². The molecule has 0 aliphatic heterocycles. The van der Waals surface area contributed by atoms with Crippen LogP contribution < -0.4 is 18.9 Å². The average Bonchev–Trinajstić information content (AvgIpc) is 3.54. The molecule has 0 unspecified atom stereocenters. The normalized spacial score (nSPS) is 10.9. The van der Waals surface area contributed by atoms with E-state index in [9.17, 15) is 0 Å². The molecule has 8 heteroatoms. The minimum atomic E-state index is 0.510. The van der Waals surface area contributed by atoms with Crippen LogP contribution in [0.5, 0.6) is 23.0 Å². The number of aromatic nitrogens is 2. The zero-order valence-corrected chi connectivity index (χ0v) is 19.1. The Balaban J connectivity index is 0.000000145. The van der Waals surface area contributed by atoms with Gasteiger partial charge in [0.2, 0.25) is 11.4 Å². The number of hydrogen-bond donors (Lipinski definition) is 0. The zero-order valence-electron chi connectivity index (χ0n) is 19.1. The Bertz CT molecular complexity index is 1620. The van der Waals surface area contributed by atoms with Crippen LogP contribution in [0.4, 0.5) is 0 Å². The largest absolute Gasteiger partial charge is 0.495 e. The van der Waals surface area contributed by atoms with Crippen molar-refractivity contribution in [3.63, 3.8) is 0 Å². The first-order valence-electron chi connectivity index (χ1n) is 10.5. The number of rotatable bonds is 4. The second kappa shape index (κ2) is 8.82. The van der Waals surface area contributed by atoms with Crippen LogP contribution in [0, 0.1) is 0 Å². The lowest BCUT2D eigenvalue weighted by molar-refractivity contribution is 0.357. The summed E-state index contributed by atoms with van der Waals surface area (Å²) in [6, 6.07) is 15.3. The first-order chi connectivity index (χ1) is 16.7. The molecule has 0 spiro atoms. The van der Waals surface area contributed by atoms with Crippen molar-refractivity contribution in [3.05, 3.63) is 61.1 Å². The topological polar surface area (TPSA) is 89.0 Å². The second-order valence-electron chi connectivity index (χ2n) is 7.28. The van der Waals surface area contributed by atoms with Gasteiger partial charge in [0, 0.05) is 10.8 Å². The first kappa shape index (κ1) is 21.4. The molecule has 0 saturated heterocycles. The number of para-hydroxylation sites is 1. The summed E-state index contributed by atoms with van der Waals surface area (Å²) in [4.78, 5) is 8.87. The van der Waals surface area contributed by atoms with Gasteiger partial charge in [-0.15, -0.1) is 0 Å². The summed E-state index contributed by atoms with van der Waals surface area (Å²) in [6.07, 6.45) is 3.21. The van der Waals surface area contributed by atoms with Crippen LogP contribution in [0.2, 0.25) is 0 Å². The fraction of sp³-hybridized carbons (Fsp3) is 0.154. The summed E-state index contributed by atoms with van der Waals surface area (Å²) in [5.74, 6) is 2.73. The van der Waals surface area contributed by atoms with E-state index in [1.54, 1.807) is 41.0 Å². The molecule has 0 aliphatic carbocycles. The Morgan fingerprint density at radius 2 is 1.18 bits per heavy atom. The van der Waals surface area contributed by atoms with Gasteiger partial charge < -0.3 is 27.8 Å². The predicted octanol–water partition coefficient (Wildman–Crippen LogP) is 6.00. The fourth-order valence-corrected chi connectivity index (χ4v) is 4.03. The molecule has 34 heavy (non-hydrogen) atoms. The highest BCUT2D eigenvalue weighted by Crippen LogP contribution is 2.41. The van der Waals surface area contributed by atoms with E-state index in [0.29, 0.717) is 28.4 Å². The highest BCUT2D eigenvalue weighted by molar-refractivity contribution is 6.02. The monoisotopic (exact) mass is 458 g/mol. The van der Waals surface area contributed by atoms with Crippen LogP contribution in [-0.2, 0) is 0 Å². The summed E-state index contributed by atoms with van der Waals surface area (Å²) in [7, 11) is 6.45. The third kappa shape index (κ3) is 3.40. The number of nitrogens with zero attached hydrogens (tertiary/aromatic N) is 2. The molecule has 0 radical (unpaired) electrons. The van der Waals surface area contributed by atoms with E-state index in [1.807, 2.05) is 48.5 Å². The first-order valence-corrected chi connectivity index (χ1v) is 10.5. The SMILES string of the molecule is COc1c2ccccc2nc2occc12.COc1ccc2c(OC)c3ccoc3nc2c1OC. The molecular weight excluding hydrogens is 436 g/mol. The van der Waals surface area contributed by atoms with Crippen molar-refractivity contribution in [1.29, 1.82) is 0 Å². The molecule has 0 aliphatic rings. The molecule has 0 fully saturated rings. The van der Waals surface area contributed by atoms with Crippen molar-refractivity contribution in [2.45, 2.75) is 0 Å². The molecule has 0 saturated carbocycles. The maximum atomic E-state index is 5.48. The van der Waals surface area contributed by atoms with Crippen LogP contribution in [0.15, 0.2) is 69.9 Å². The maximum absolute atomic E-state index is 5.48. The Morgan fingerprint density at radius 3 is 1.82 bits per heavy atom. The van der Waals surface area contributed by atoms with Gasteiger partial charge >= 0.3 is 0 Å². The van der Waals surface area contributed by atoms with E-state index in [-0.39, 0.29) is 0 Å². The molecule has 6 aromatic rings. The van der Waals surface area contributed by atoms with Crippen molar-refractivity contribution in [2.75, 3.05) is 28.4 Å². The van der Waals surface area contributed by atoms with Gasteiger partial charge in [0.05, 0.1) is 57.3 Å². The number of ether oxygens (including phenoxy) is 4. The number of benzene rings is 2. The quantitative estimate of drug-likeness (QED) is 0.318. The van der Waals surface area contributed by atoms with Gasteiger partial charge in [-0.25, -0.2) is 9.97 Å². The van der Waals surface area contributed by atoms with E-state index in [2.05, 4.69) is 9.97 Å². The molecule has 0 amide bonds. The second-order valence-corrected chi connectivity index (χ2v) is 7.28. The summed E-state index contributed by atoms with van der Waals surface area (Å²) < 4.78 is 32.2. The lowest BCUT2D eigenvalue weighted by Gasteiger charge is -2.12. The number of furan rings is 2. The third-order valence-corrected chi connectivity index (χ3v) is 5.54. The van der Waals surface area contributed by atoms with E-state index in [4.69, 9.17) is 27.8 Å². The highest BCUT2D eigenvalue weighted by atomic mass is 16.5. The van der Waals surface area contributed by atoms with Gasteiger partial charge in [0.1, 0.15) is 17.0 Å². The summed E-state index contributed by atoms with van der Waals surface area (Å²) in [5, 5.41) is 3.61. The lowest BCUT2D eigenvalue weighted by Crippen LogP contribution is -1.95. The summed E-state index contributed by atoms with van der Waals surface area (Å²) >= 11 is 0. The van der Waals surface area contributed by atoms with Crippen LogP contribution in [0.25, 0.3) is 44.0 Å². The fourth-order valence-electron chi connectivity index (χ4n) is 4.03. The van der Waals surface area contributed by atoms with E-state index >= 15 is 0 Å². The minimum Gasteiger partial charge on any atom is -0.495 e. The number of pyridine rings is 2. The highest BCUT2D eigenvalue weighted by Gasteiger charge is 2.17. The van der Waals surface area contributed by atoms with Crippen molar-refractivity contribution in [2.24, 2.45) is 0 Å². The number of hydrogen-bond acceptors (Lipinski definition) is 8. The van der Waals surface area contributed by atoms with E-state index < -0.39 is 0 Å². The van der Waals surface area contributed by atoms with E-state index in [1.165, 1.54) is 0 Å². The van der Waals surface area contributed by atoms with Gasteiger partial charge in [0.25, 0.3) is 0 Å². The molecule has 0 N–H and O–H groups in total. The number of methoxy groups -OCH3 is 4. The van der Waals surface area contributed by atoms with Gasteiger partial charge in [-0.05, 0) is 36.4 Å². The van der Waals surface area contributed by atoms with Gasteiger partial charge in [-0.3, -0.25) is 0 Å². The Hall–Kier alpha value is -4.46. The molecule has 172 valence electrons. The van der Waals surface area contributed by atoms with Gasteiger partial charge in [0.15, 0.2) is 11.5 Å². The Kier molecular flexibility index (Phi) is 5.55. The molecule has 6 rings (SSSR count). The Morgan fingerprint density at radius 1 is 0.559 bits per heavy atom. The molecule has 0 atom stereocenters. The van der Waals surface area contributed by atoms with Crippen LogP contribution in [-0.4, -0.2) is 38.4 Å². The Labute approximate surface area is 194 Å². The zero-order chi connectivity index (χ0) is 23.7. The van der Waals surface area contributed by atoms with Crippen molar-refractivity contribution < 1.29 is 27.8 Å². The van der Waals surface area contributed by atoms with Gasteiger partial charge in [-0.1, -0.05) is 12.1 Å². The summed E-state index contributed by atoms with van der Waals surface area (Å²) in [5.41, 5.74) is 2.67. The lowest BCUT2D eigenvalue weighted by atomic mass is 10.1. The summed E-state index contributed by atoms with van der Waals surface area (Å²) in [6.45, 7) is 0. The molecule has 0 bridgehead atoms. The third-order valence-electron chi connectivity index (χ3n) is 5.54. The molecular formula is C26H22N2O6. The van der Waals surface area contributed by atoms with Crippen LogP contribution in [0.3, 0.4) is 0 Å². The van der Waals surface area contributed by atoms with Crippen LogP contribution >= 0.6 is 0 Å². The molecule has 4 heterocycles. The predicted molar refractivity (Wildman–Crippen MR) is 129 cm³/mol. The maximum Gasteiger partial charge on any atom is 0.230 e. The van der Waals surface area contributed by atoms with Crippen molar-refractivity contribution in [1.82, 2.24) is 9.97 Å². The van der Waals surface area contributed by atoms with Crippen LogP contribution in [0.1, 0.15) is 0 Å². The molecule has 4 aromatic heterocycles. The van der Waals surface area contributed by atoms with E-state index in [0.717, 1.165) is 38.6 Å². The standard InChI is InChI=1S/C14H13NO4.C12H9NO2/c1-16-10-5-4-8-11(13(10)18-3)15-14-9(6-7-19-14)12(8)17-2;1-14-11-8-4-2-3-5-10(8)13-12-9(11)6-7-15-12/h4-7H,1-3H3;2-7H,1H3. The minimum absolute atomic E-state index is 0.510. The molecule has 2 aromatic carbocycles. The molecule has 8 nitrogen and oxygen atoms in total. The smallest absolute Gasteiger partial charge is 0.230 e. The van der Waals surface area contributed by atoms with Crippen molar-refractivity contribution >= 4 is 44.0 Å².